The number of hydrogen-bond donors (Lipinski definition) is 1. The van der Waals surface area contributed by atoms with Crippen molar-refractivity contribution in [2.24, 2.45) is 0 Å². The van der Waals surface area contributed by atoms with Crippen LogP contribution in [0.2, 0.25) is 0 Å². The van der Waals surface area contributed by atoms with Gasteiger partial charge in [-0.15, -0.1) is 0 Å². The lowest BCUT2D eigenvalue weighted by molar-refractivity contribution is 0.0749. The van der Waals surface area contributed by atoms with E-state index in [0.717, 1.165) is 10.8 Å². The van der Waals surface area contributed by atoms with E-state index in [4.69, 9.17) is 0 Å². The average Bonchev–Trinajstić information content (AvgIpc) is 2.54. The van der Waals surface area contributed by atoms with Crippen LogP contribution in [0, 0.1) is 0 Å². The van der Waals surface area contributed by atoms with E-state index in [1.165, 1.54) is 0 Å². The minimum atomic E-state index is -1.12. The van der Waals surface area contributed by atoms with Crippen LogP contribution >= 0.6 is 0 Å². The number of ketones is 1. The van der Waals surface area contributed by atoms with Crippen LogP contribution in [0.4, 0.5) is 0 Å². The molecule has 0 saturated carbocycles. The summed E-state index contributed by atoms with van der Waals surface area (Å²) in [5.74, 6) is -0.270. The summed E-state index contributed by atoms with van der Waals surface area (Å²) in [6, 6.07) is 22.3. The van der Waals surface area contributed by atoms with E-state index >= 15 is 0 Å². The zero-order valence-electron chi connectivity index (χ0n) is 10.9. The van der Waals surface area contributed by atoms with Crippen LogP contribution in [0.5, 0.6) is 0 Å². The van der Waals surface area contributed by atoms with Gasteiger partial charge in [0.05, 0.1) is 0 Å². The van der Waals surface area contributed by atoms with Crippen LogP contribution in [0.1, 0.15) is 22.0 Å². The van der Waals surface area contributed by atoms with Gasteiger partial charge in [-0.25, -0.2) is 0 Å². The Morgan fingerprint density at radius 1 is 0.800 bits per heavy atom. The number of carbonyl (C=O) groups is 1. The van der Waals surface area contributed by atoms with Gasteiger partial charge in [0.2, 0.25) is 0 Å². The zero-order chi connectivity index (χ0) is 13.9. The van der Waals surface area contributed by atoms with Gasteiger partial charge >= 0.3 is 0 Å². The van der Waals surface area contributed by atoms with Gasteiger partial charge in [0.25, 0.3) is 0 Å². The Labute approximate surface area is 117 Å². The minimum absolute atomic E-state index is 0.270. The Hall–Kier alpha value is -2.45. The Morgan fingerprint density at radius 2 is 1.45 bits per heavy atom. The molecule has 2 nitrogen and oxygen atoms in total. The smallest absolute Gasteiger partial charge is 0.196 e. The first kappa shape index (κ1) is 12.6. The van der Waals surface area contributed by atoms with Crippen molar-refractivity contribution >= 4 is 16.6 Å². The molecule has 0 spiro atoms. The second-order valence-corrected chi connectivity index (χ2v) is 4.70. The van der Waals surface area contributed by atoms with Crippen LogP contribution in [-0.4, -0.2) is 10.9 Å². The lowest BCUT2D eigenvalue weighted by Crippen LogP contribution is -2.12. The molecule has 0 aliphatic rings. The summed E-state index contributed by atoms with van der Waals surface area (Å²) in [6.07, 6.45) is -1.12. The maximum atomic E-state index is 12.5. The number of benzene rings is 3. The van der Waals surface area contributed by atoms with Crippen molar-refractivity contribution in [3.05, 3.63) is 83.9 Å². The van der Waals surface area contributed by atoms with Crippen LogP contribution in [0.25, 0.3) is 10.8 Å². The van der Waals surface area contributed by atoms with Gasteiger partial charge in [0.15, 0.2) is 5.78 Å². The molecule has 3 rings (SSSR count). The van der Waals surface area contributed by atoms with Gasteiger partial charge < -0.3 is 5.11 Å². The van der Waals surface area contributed by atoms with Crippen molar-refractivity contribution in [1.82, 2.24) is 0 Å². The predicted octanol–water partition coefficient (Wildman–Crippen LogP) is 3.76. The molecule has 1 atom stereocenters. The lowest BCUT2D eigenvalue weighted by atomic mass is 9.95. The van der Waals surface area contributed by atoms with E-state index in [0.29, 0.717) is 11.1 Å². The van der Waals surface area contributed by atoms with E-state index in [9.17, 15) is 9.90 Å². The highest BCUT2D eigenvalue weighted by atomic mass is 16.3. The quantitative estimate of drug-likeness (QED) is 0.730. The second kappa shape index (κ2) is 5.27. The summed E-state index contributed by atoms with van der Waals surface area (Å²) in [7, 11) is 0. The molecule has 3 aromatic rings. The summed E-state index contributed by atoms with van der Waals surface area (Å²) in [5.41, 5.74) is 1.17. The third kappa shape index (κ3) is 2.22. The zero-order valence-corrected chi connectivity index (χ0v) is 10.9. The Morgan fingerprint density at radius 3 is 2.25 bits per heavy atom. The molecule has 0 radical (unpaired) electrons. The van der Waals surface area contributed by atoms with Crippen LogP contribution < -0.4 is 0 Å². The standard InChI is InChI=1S/C18H14O2/c19-17(14-8-2-1-3-9-14)18(20)16-12-6-10-13-7-4-5-11-15(13)16/h1-12,17,19H/t17-/m1/s1. The SMILES string of the molecule is O=C(c1cccc2ccccc12)[C@H](O)c1ccccc1. The third-order valence-corrected chi connectivity index (χ3v) is 3.42. The fraction of sp³-hybridized carbons (Fsp3) is 0.0556. The summed E-state index contributed by atoms with van der Waals surface area (Å²) >= 11 is 0. The van der Waals surface area contributed by atoms with Gasteiger partial charge in [0, 0.05) is 5.56 Å². The number of Topliss-reactive ketones (excluding diaryl/α,β-unsaturated/α-hetero) is 1. The maximum absolute atomic E-state index is 12.5. The van der Waals surface area contributed by atoms with Crippen molar-refractivity contribution in [2.45, 2.75) is 6.10 Å². The monoisotopic (exact) mass is 262 g/mol. The van der Waals surface area contributed by atoms with Crippen molar-refractivity contribution in [2.75, 3.05) is 0 Å². The van der Waals surface area contributed by atoms with E-state index < -0.39 is 6.10 Å². The first-order valence-electron chi connectivity index (χ1n) is 6.52. The van der Waals surface area contributed by atoms with Gasteiger partial charge in [-0.3, -0.25) is 4.79 Å². The molecule has 0 aliphatic heterocycles. The number of hydrogen-bond acceptors (Lipinski definition) is 2. The van der Waals surface area contributed by atoms with E-state index in [1.807, 2.05) is 54.6 Å². The largest absolute Gasteiger partial charge is 0.380 e. The Bertz CT molecular complexity index is 742. The summed E-state index contributed by atoms with van der Waals surface area (Å²) in [4.78, 5) is 12.5. The molecule has 1 N–H and O–H groups in total. The molecule has 0 amide bonds. The summed E-state index contributed by atoms with van der Waals surface area (Å²) < 4.78 is 0. The molecule has 0 unspecified atom stereocenters. The topological polar surface area (TPSA) is 37.3 Å². The van der Waals surface area contributed by atoms with Gasteiger partial charge in [-0.05, 0) is 16.3 Å². The van der Waals surface area contributed by atoms with Crippen molar-refractivity contribution in [3.63, 3.8) is 0 Å². The van der Waals surface area contributed by atoms with Gasteiger partial charge in [0.1, 0.15) is 6.10 Å². The van der Waals surface area contributed by atoms with E-state index in [2.05, 4.69) is 0 Å². The van der Waals surface area contributed by atoms with Crippen molar-refractivity contribution < 1.29 is 9.90 Å². The number of carbonyl (C=O) groups excluding carboxylic acids is 1. The fourth-order valence-electron chi connectivity index (χ4n) is 2.37. The average molecular weight is 262 g/mol. The Balaban J connectivity index is 2.05. The molecule has 20 heavy (non-hydrogen) atoms. The molecule has 0 heterocycles. The van der Waals surface area contributed by atoms with Gasteiger partial charge in [-0.1, -0.05) is 72.8 Å². The molecule has 0 aliphatic carbocycles. The maximum Gasteiger partial charge on any atom is 0.196 e. The molecule has 0 aromatic heterocycles. The summed E-state index contributed by atoms with van der Waals surface area (Å²) in [5, 5.41) is 12.1. The number of fused-ring (bicyclic) bond motifs is 1. The molecule has 98 valence electrons. The number of aliphatic hydroxyl groups excluding tert-OH is 1. The Kier molecular flexibility index (Phi) is 3.32. The number of rotatable bonds is 3. The third-order valence-electron chi connectivity index (χ3n) is 3.42. The molecule has 0 saturated heterocycles. The molecule has 3 aromatic carbocycles. The fourth-order valence-corrected chi connectivity index (χ4v) is 2.37. The normalized spacial score (nSPS) is 12.2. The lowest BCUT2D eigenvalue weighted by Gasteiger charge is -2.11. The van der Waals surface area contributed by atoms with Gasteiger partial charge in [-0.2, -0.15) is 0 Å². The first-order chi connectivity index (χ1) is 9.77. The molecule has 2 heteroatoms. The minimum Gasteiger partial charge on any atom is -0.380 e. The molecule has 0 fully saturated rings. The van der Waals surface area contributed by atoms with Crippen LogP contribution in [-0.2, 0) is 0 Å². The van der Waals surface area contributed by atoms with E-state index in [1.54, 1.807) is 18.2 Å². The highest BCUT2D eigenvalue weighted by molar-refractivity contribution is 6.10. The number of aliphatic hydroxyl groups is 1. The molecule has 0 bridgehead atoms. The first-order valence-corrected chi connectivity index (χ1v) is 6.52. The predicted molar refractivity (Wildman–Crippen MR) is 79.7 cm³/mol. The highest BCUT2D eigenvalue weighted by Gasteiger charge is 2.20. The molecular weight excluding hydrogens is 248 g/mol. The second-order valence-electron chi connectivity index (χ2n) is 4.70. The van der Waals surface area contributed by atoms with Crippen molar-refractivity contribution in [3.8, 4) is 0 Å². The highest BCUT2D eigenvalue weighted by Crippen LogP contribution is 2.24. The molecular formula is C18H14O2. The van der Waals surface area contributed by atoms with E-state index in [-0.39, 0.29) is 5.78 Å². The summed E-state index contributed by atoms with van der Waals surface area (Å²) in [6.45, 7) is 0. The van der Waals surface area contributed by atoms with Crippen LogP contribution in [0.3, 0.4) is 0 Å². The van der Waals surface area contributed by atoms with Crippen molar-refractivity contribution in [1.29, 1.82) is 0 Å². The van der Waals surface area contributed by atoms with Crippen LogP contribution in [0.15, 0.2) is 72.8 Å².